The first-order chi connectivity index (χ1) is 13.1. The molecule has 9 nitrogen and oxygen atoms in total. The highest BCUT2D eigenvalue weighted by Crippen LogP contribution is 2.26. The Morgan fingerprint density at radius 3 is 2.75 bits per heavy atom. The van der Waals surface area contributed by atoms with Crippen molar-refractivity contribution in [2.24, 2.45) is 0 Å². The number of hydrogen-bond acceptors (Lipinski definition) is 8. The lowest BCUT2D eigenvalue weighted by Gasteiger charge is -2.18. The summed E-state index contributed by atoms with van der Waals surface area (Å²) >= 11 is 1.16. The smallest absolute Gasteiger partial charge is 0.346 e. The number of nitrogens with zero attached hydrogens (tertiary/aromatic N) is 2. The van der Waals surface area contributed by atoms with Gasteiger partial charge in [0.2, 0.25) is 0 Å². The van der Waals surface area contributed by atoms with Gasteiger partial charge in [-0.15, -0.1) is 11.3 Å². The van der Waals surface area contributed by atoms with Crippen molar-refractivity contribution >= 4 is 44.1 Å². The Morgan fingerprint density at radius 1 is 1.32 bits per heavy atom. The minimum absolute atomic E-state index is 0.0676. The van der Waals surface area contributed by atoms with Gasteiger partial charge in [-0.25, -0.2) is 9.78 Å². The molecule has 148 valence electrons. The molecule has 3 rings (SSSR count). The van der Waals surface area contributed by atoms with Crippen molar-refractivity contribution in [2.45, 2.75) is 6.42 Å². The number of benzene rings is 1. The van der Waals surface area contributed by atoms with E-state index in [0.29, 0.717) is 27.4 Å². The van der Waals surface area contributed by atoms with Crippen molar-refractivity contribution in [3.8, 4) is 10.6 Å². The SMILES string of the molecule is CN(CCS(=O)(=O)O)c1ccc2cc(-c3nc(CC(=O)O)cs3)c(=O)oc2c1. The van der Waals surface area contributed by atoms with Crippen molar-refractivity contribution in [3.05, 3.63) is 45.8 Å². The van der Waals surface area contributed by atoms with E-state index in [9.17, 15) is 18.0 Å². The summed E-state index contributed by atoms with van der Waals surface area (Å²) < 4.78 is 36.0. The zero-order valence-corrected chi connectivity index (χ0v) is 16.3. The first-order valence-corrected chi connectivity index (χ1v) is 10.5. The zero-order valence-electron chi connectivity index (χ0n) is 14.7. The maximum atomic E-state index is 12.4. The number of carboxylic acid groups (broad SMARTS) is 1. The number of fused-ring (bicyclic) bond motifs is 1. The van der Waals surface area contributed by atoms with E-state index in [4.69, 9.17) is 14.1 Å². The minimum Gasteiger partial charge on any atom is -0.481 e. The number of hydrogen-bond donors (Lipinski definition) is 2. The third-order valence-electron chi connectivity index (χ3n) is 3.96. The molecule has 0 aliphatic heterocycles. The summed E-state index contributed by atoms with van der Waals surface area (Å²) in [6, 6.07) is 6.66. The lowest BCUT2D eigenvalue weighted by atomic mass is 10.1. The van der Waals surface area contributed by atoms with Crippen LogP contribution >= 0.6 is 11.3 Å². The molecule has 2 N–H and O–H groups in total. The van der Waals surface area contributed by atoms with Crippen LogP contribution in [0.3, 0.4) is 0 Å². The summed E-state index contributed by atoms with van der Waals surface area (Å²) in [6.07, 6.45) is -0.228. The highest BCUT2D eigenvalue weighted by molar-refractivity contribution is 7.85. The third-order valence-corrected chi connectivity index (χ3v) is 5.58. The summed E-state index contributed by atoms with van der Waals surface area (Å²) in [4.78, 5) is 28.9. The third kappa shape index (κ3) is 4.74. The molecule has 2 heterocycles. The summed E-state index contributed by atoms with van der Waals surface area (Å²) in [5.74, 6) is -1.43. The number of carbonyl (C=O) groups is 1. The molecule has 0 saturated carbocycles. The van der Waals surface area contributed by atoms with Gasteiger partial charge >= 0.3 is 11.6 Å². The van der Waals surface area contributed by atoms with Crippen LogP contribution in [0.15, 0.2) is 38.9 Å². The molecule has 0 bridgehead atoms. The Hall–Kier alpha value is -2.76. The van der Waals surface area contributed by atoms with E-state index in [1.807, 2.05) is 0 Å². The molecule has 3 aromatic rings. The Morgan fingerprint density at radius 2 is 2.07 bits per heavy atom. The fourth-order valence-electron chi connectivity index (χ4n) is 2.53. The average Bonchev–Trinajstić information content (AvgIpc) is 3.05. The molecular weight excluding hydrogens is 408 g/mol. The van der Waals surface area contributed by atoms with E-state index in [2.05, 4.69) is 4.98 Å². The fourth-order valence-corrected chi connectivity index (χ4v) is 3.86. The standard InChI is InChI=1S/C17H16N2O7S2/c1-19(4-5-28(23,24)25)12-3-2-10-6-13(17(22)26-14(10)8-12)16-18-11(9-27-16)7-15(20)21/h2-3,6,8-9H,4-5,7H2,1H3,(H,20,21)(H,23,24,25). The number of carboxylic acids is 1. The van der Waals surface area contributed by atoms with E-state index in [1.165, 1.54) is 0 Å². The number of thiazole rings is 1. The maximum absolute atomic E-state index is 12.4. The van der Waals surface area contributed by atoms with Crippen molar-refractivity contribution < 1.29 is 27.3 Å². The van der Waals surface area contributed by atoms with Gasteiger partial charge in [0.15, 0.2) is 0 Å². The Bertz CT molecular complexity index is 1200. The lowest BCUT2D eigenvalue weighted by molar-refractivity contribution is -0.136. The topological polar surface area (TPSA) is 138 Å². The van der Waals surface area contributed by atoms with Crippen LogP contribution in [0.1, 0.15) is 5.69 Å². The van der Waals surface area contributed by atoms with Crippen LogP contribution in [0.2, 0.25) is 0 Å². The van der Waals surface area contributed by atoms with Crippen molar-refractivity contribution in [1.29, 1.82) is 0 Å². The maximum Gasteiger partial charge on any atom is 0.346 e. The molecule has 0 atom stereocenters. The zero-order chi connectivity index (χ0) is 20.5. The van der Waals surface area contributed by atoms with E-state index in [0.717, 1.165) is 11.3 Å². The van der Waals surface area contributed by atoms with E-state index < -0.39 is 27.5 Å². The van der Waals surface area contributed by atoms with Gasteiger partial charge in [-0.3, -0.25) is 9.35 Å². The van der Waals surface area contributed by atoms with Crippen LogP contribution < -0.4 is 10.5 Å². The van der Waals surface area contributed by atoms with Crippen LogP contribution in [0.5, 0.6) is 0 Å². The Balaban J connectivity index is 1.91. The molecule has 11 heteroatoms. The second kappa shape index (κ2) is 7.70. The molecule has 0 radical (unpaired) electrons. The monoisotopic (exact) mass is 424 g/mol. The largest absolute Gasteiger partial charge is 0.481 e. The molecule has 0 spiro atoms. The van der Waals surface area contributed by atoms with E-state index in [-0.39, 0.29) is 18.5 Å². The molecular formula is C17H16N2O7S2. The minimum atomic E-state index is -4.08. The van der Waals surface area contributed by atoms with E-state index in [1.54, 1.807) is 41.6 Å². The van der Waals surface area contributed by atoms with Gasteiger partial charge in [0.05, 0.1) is 23.4 Å². The summed E-state index contributed by atoms with van der Waals surface area (Å²) in [7, 11) is -2.42. The molecule has 0 amide bonds. The fraction of sp³-hybridized carbons (Fsp3) is 0.235. The first-order valence-electron chi connectivity index (χ1n) is 8.03. The van der Waals surface area contributed by atoms with Gasteiger partial charge in [0.1, 0.15) is 10.6 Å². The number of aromatic nitrogens is 1. The molecule has 0 saturated heterocycles. The van der Waals surface area contributed by atoms with Crippen LogP contribution in [0.4, 0.5) is 5.69 Å². The number of aliphatic carboxylic acids is 1. The van der Waals surface area contributed by atoms with Gasteiger partial charge in [0.25, 0.3) is 10.1 Å². The molecule has 0 aliphatic carbocycles. The molecule has 0 unspecified atom stereocenters. The van der Waals surface area contributed by atoms with Crippen LogP contribution in [0.25, 0.3) is 21.5 Å². The van der Waals surface area contributed by atoms with Crippen molar-refractivity contribution in [2.75, 3.05) is 24.2 Å². The first kappa shape index (κ1) is 20.0. The normalized spacial score (nSPS) is 11.6. The van der Waals surface area contributed by atoms with Gasteiger partial charge in [-0.05, 0) is 18.2 Å². The molecule has 0 aliphatic rings. The van der Waals surface area contributed by atoms with Crippen LogP contribution in [-0.2, 0) is 21.3 Å². The summed E-state index contributed by atoms with van der Waals surface area (Å²) in [5.41, 5.74) is 0.920. The summed E-state index contributed by atoms with van der Waals surface area (Å²) in [6.45, 7) is 0.0676. The summed E-state index contributed by atoms with van der Waals surface area (Å²) in [5, 5.41) is 11.4. The highest BCUT2D eigenvalue weighted by atomic mass is 32.2. The Kier molecular flexibility index (Phi) is 5.49. The molecule has 28 heavy (non-hydrogen) atoms. The van der Waals surface area contributed by atoms with Gasteiger partial charge in [-0.1, -0.05) is 0 Å². The van der Waals surface area contributed by atoms with E-state index >= 15 is 0 Å². The van der Waals surface area contributed by atoms with Crippen molar-refractivity contribution in [3.63, 3.8) is 0 Å². The van der Waals surface area contributed by atoms with Gasteiger partial charge in [-0.2, -0.15) is 8.42 Å². The lowest BCUT2D eigenvalue weighted by Crippen LogP contribution is -2.24. The Labute approximate surface area is 163 Å². The average molecular weight is 424 g/mol. The number of rotatable bonds is 7. The second-order valence-corrected chi connectivity index (χ2v) is 8.52. The van der Waals surface area contributed by atoms with Gasteiger partial charge in [0, 0.05) is 36.1 Å². The molecule has 2 aromatic heterocycles. The second-order valence-electron chi connectivity index (χ2n) is 6.09. The van der Waals surface area contributed by atoms with Crippen molar-refractivity contribution in [1.82, 2.24) is 4.98 Å². The number of anilines is 1. The quantitative estimate of drug-likeness (QED) is 0.430. The van der Waals surface area contributed by atoms with Crippen LogP contribution in [-0.4, -0.2) is 48.4 Å². The van der Waals surface area contributed by atoms with Gasteiger partial charge < -0.3 is 14.4 Å². The predicted molar refractivity (Wildman–Crippen MR) is 105 cm³/mol. The van der Waals surface area contributed by atoms with Crippen LogP contribution in [0, 0.1) is 0 Å². The highest BCUT2D eigenvalue weighted by Gasteiger charge is 2.14. The predicted octanol–water partition coefficient (Wildman–Crippen LogP) is 1.87. The molecule has 1 aromatic carbocycles. The molecule has 0 fully saturated rings.